The van der Waals surface area contributed by atoms with Crippen molar-refractivity contribution in [3.05, 3.63) is 126 Å². The maximum Gasteiger partial charge on any atom is 0.186 e. The summed E-state index contributed by atoms with van der Waals surface area (Å²) in [5, 5.41) is 9.00. The number of benzene rings is 6. The van der Waals surface area contributed by atoms with Crippen molar-refractivity contribution in [1.82, 2.24) is 0 Å². The first-order chi connectivity index (χ1) is 15.8. The van der Waals surface area contributed by atoms with Gasteiger partial charge in [-0.15, -0.1) is 0 Å². The van der Waals surface area contributed by atoms with Gasteiger partial charge in [0.05, 0.1) is 0 Å². The average Bonchev–Trinajstić information content (AvgIpc) is 2.86. The van der Waals surface area contributed by atoms with Gasteiger partial charge < -0.3 is 0 Å². The fraction of sp³-hybridized carbons (Fsp3) is 0. The number of rotatable bonds is 3. The molecule has 6 rings (SSSR count). The molecule has 1 heteroatoms. The van der Waals surface area contributed by atoms with E-state index in [1.165, 1.54) is 16.2 Å². The van der Waals surface area contributed by atoms with Gasteiger partial charge in [-0.3, -0.25) is 4.79 Å². The van der Waals surface area contributed by atoms with Crippen molar-refractivity contribution in [3.63, 3.8) is 0 Å². The van der Waals surface area contributed by atoms with Gasteiger partial charge in [0, 0.05) is 5.56 Å². The number of ketones is 1. The first kappa shape index (κ1) is 18.5. The molecule has 0 atom stereocenters. The largest absolute Gasteiger partial charge is 0.289 e. The van der Waals surface area contributed by atoms with Gasteiger partial charge in [0.25, 0.3) is 0 Å². The van der Waals surface area contributed by atoms with E-state index >= 15 is 0 Å². The third-order valence-corrected chi connectivity index (χ3v) is 6.25. The monoisotopic (exact) mass is 408 g/mol. The van der Waals surface area contributed by atoms with E-state index in [1.807, 2.05) is 54.6 Å². The van der Waals surface area contributed by atoms with Gasteiger partial charge in [-0.2, -0.15) is 0 Å². The predicted octanol–water partition coefficient (Wildman–Crippen LogP) is 8.20. The van der Waals surface area contributed by atoms with E-state index in [0.29, 0.717) is 0 Å². The minimum atomic E-state index is 0.0176. The Bertz CT molecular complexity index is 1630. The highest BCUT2D eigenvalue weighted by Crippen LogP contribution is 2.31. The van der Waals surface area contributed by atoms with E-state index in [-0.39, 0.29) is 5.78 Å². The Hall–Kier alpha value is -4.23. The van der Waals surface area contributed by atoms with E-state index in [0.717, 1.165) is 38.1 Å². The quantitative estimate of drug-likeness (QED) is 0.125. The molecule has 0 spiro atoms. The summed E-state index contributed by atoms with van der Waals surface area (Å²) in [6.07, 6.45) is 3.71. The van der Waals surface area contributed by atoms with Crippen molar-refractivity contribution in [1.29, 1.82) is 0 Å². The number of carbonyl (C=O) groups is 1. The number of hydrogen-bond donors (Lipinski definition) is 0. The van der Waals surface area contributed by atoms with Crippen LogP contribution in [0.25, 0.3) is 49.2 Å². The fourth-order valence-corrected chi connectivity index (χ4v) is 4.74. The first-order valence-electron chi connectivity index (χ1n) is 10.8. The average molecular weight is 409 g/mol. The minimum Gasteiger partial charge on any atom is -0.289 e. The fourth-order valence-electron chi connectivity index (χ4n) is 4.74. The molecule has 1 nitrogen and oxygen atoms in total. The molecule has 0 N–H and O–H groups in total. The Labute approximate surface area is 186 Å². The van der Waals surface area contributed by atoms with Crippen LogP contribution in [-0.2, 0) is 0 Å². The molecule has 6 aromatic rings. The molecular weight excluding hydrogens is 388 g/mol. The van der Waals surface area contributed by atoms with Crippen LogP contribution in [0.5, 0.6) is 0 Å². The molecule has 6 aromatic carbocycles. The highest BCUT2D eigenvalue weighted by atomic mass is 16.1. The zero-order valence-corrected chi connectivity index (χ0v) is 17.5. The Morgan fingerprint density at radius 1 is 0.500 bits per heavy atom. The van der Waals surface area contributed by atoms with E-state index in [9.17, 15) is 4.79 Å². The molecule has 0 saturated carbocycles. The van der Waals surface area contributed by atoms with Crippen LogP contribution in [0.15, 0.2) is 115 Å². The van der Waals surface area contributed by atoms with Crippen LogP contribution in [-0.4, -0.2) is 5.78 Å². The lowest BCUT2D eigenvalue weighted by molar-refractivity contribution is 0.104. The lowest BCUT2D eigenvalue weighted by atomic mass is 9.93. The summed E-state index contributed by atoms with van der Waals surface area (Å²) in [5.74, 6) is 0.0176. The topological polar surface area (TPSA) is 17.1 Å². The zero-order valence-electron chi connectivity index (χ0n) is 17.5. The first-order valence-corrected chi connectivity index (χ1v) is 10.8. The van der Waals surface area contributed by atoms with Crippen LogP contribution < -0.4 is 0 Å². The predicted molar refractivity (Wildman–Crippen MR) is 136 cm³/mol. The molecule has 0 aliphatic carbocycles. The lowest BCUT2D eigenvalue weighted by Crippen LogP contribution is -1.97. The van der Waals surface area contributed by atoms with E-state index in [2.05, 4.69) is 60.7 Å². The summed E-state index contributed by atoms with van der Waals surface area (Å²) < 4.78 is 0. The Kier molecular flexibility index (Phi) is 4.33. The number of hydrogen-bond acceptors (Lipinski definition) is 1. The highest BCUT2D eigenvalue weighted by molar-refractivity contribution is 6.21. The van der Waals surface area contributed by atoms with E-state index in [4.69, 9.17) is 0 Å². The molecular formula is C31H20O. The van der Waals surface area contributed by atoms with Gasteiger partial charge in [-0.05, 0) is 72.9 Å². The SMILES string of the molecule is O=C(/C=C/c1c2ccccc2cc2ccccc12)c1cc2ccccc2c2ccccc12. The molecule has 0 radical (unpaired) electrons. The molecule has 0 heterocycles. The molecule has 0 unspecified atom stereocenters. The Balaban J connectivity index is 1.54. The molecule has 0 fully saturated rings. The number of allylic oxidation sites excluding steroid dienone is 1. The molecule has 0 bridgehead atoms. The Morgan fingerprint density at radius 2 is 0.969 bits per heavy atom. The summed E-state index contributed by atoms with van der Waals surface area (Å²) in [6.45, 7) is 0. The van der Waals surface area contributed by atoms with Crippen molar-refractivity contribution in [2.75, 3.05) is 0 Å². The van der Waals surface area contributed by atoms with Crippen molar-refractivity contribution in [2.24, 2.45) is 0 Å². The smallest absolute Gasteiger partial charge is 0.186 e. The second-order valence-electron chi connectivity index (χ2n) is 8.12. The number of fused-ring (bicyclic) bond motifs is 5. The van der Waals surface area contributed by atoms with Crippen LogP contribution in [0.1, 0.15) is 15.9 Å². The summed E-state index contributed by atoms with van der Waals surface area (Å²) in [4.78, 5) is 13.5. The van der Waals surface area contributed by atoms with Gasteiger partial charge in [0.1, 0.15) is 0 Å². The zero-order chi connectivity index (χ0) is 21.5. The third kappa shape index (κ3) is 2.99. The standard InChI is InChI=1S/C31H20O/c32-31(30-20-23-11-3-6-14-26(23)27-15-7-8-16-28(27)30)18-17-29-24-12-4-1-9-21(24)19-22-10-2-5-13-25(22)29/h1-20H/b18-17+. The lowest BCUT2D eigenvalue weighted by Gasteiger charge is -2.10. The normalized spacial score (nSPS) is 11.8. The van der Waals surface area contributed by atoms with Gasteiger partial charge >= 0.3 is 0 Å². The van der Waals surface area contributed by atoms with Crippen LogP contribution in [0.4, 0.5) is 0 Å². The Morgan fingerprint density at radius 3 is 1.59 bits per heavy atom. The van der Waals surface area contributed by atoms with Gasteiger partial charge in [0.15, 0.2) is 5.78 Å². The van der Waals surface area contributed by atoms with E-state index < -0.39 is 0 Å². The molecule has 0 aliphatic rings. The maximum atomic E-state index is 13.5. The molecule has 32 heavy (non-hydrogen) atoms. The summed E-state index contributed by atoms with van der Waals surface area (Å²) in [6, 6.07) is 37.3. The minimum absolute atomic E-state index is 0.0176. The van der Waals surface area contributed by atoms with Crippen LogP contribution in [0.2, 0.25) is 0 Å². The summed E-state index contributed by atoms with van der Waals surface area (Å²) in [5.41, 5.74) is 1.82. The maximum absolute atomic E-state index is 13.5. The van der Waals surface area contributed by atoms with Crippen LogP contribution >= 0.6 is 0 Å². The summed E-state index contributed by atoms with van der Waals surface area (Å²) >= 11 is 0. The van der Waals surface area contributed by atoms with Crippen molar-refractivity contribution < 1.29 is 4.79 Å². The van der Waals surface area contributed by atoms with Gasteiger partial charge in [-0.25, -0.2) is 0 Å². The third-order valence-electron chi connectivity index (χ3n) is 6.25. The van der Waals surface area contributed by atoms with Crippen LogP contribution in [0.3, 0.4) is 0 Å². The van der Waals surface area contributed by atoms with Gasteiger partial charge in [-0.1, -0.05) is 97.1 Å². The summed E-state index contributed by atoms with van der Waals surface area (Å²) in [7, 11) is 0. The molecule has 0 aromatic heterocycles. The molecule has 0 amide bonds. The number of carbonyl (C=O) groups excluding carboxylic acids is 1. The molecule has 0 aliphatic heterocycles. The molecule has 0 saturated heterocycles. The van der Waals surface area contributed by atoms with Crippen molar-refractivity contribution in [2.45, 2.75) is 0 Å². The van der Waals surface area contributed by atoms with Crippen LogP contribution in [0, 0.1) is 0 Å². The second kappa shape index (κ2) is 7.47. The van der Waals surface area contributed by atoms with Crippen molar-refractivity contribution >= 4 is 54.9 Å². The van der Waals surface area contributed by atoms with Crippen molar-refractivity contribution in [3.8, 4) is 0 Å². The second-order valence-corrected chi connectivity index (χ2v) is 8.12. The molecule has 150 valence electrons. The highest BCUT2D eigenvalue weighted by Gasteiger charge is 2.12. The van der Waals surface area contributed by atoms with Gasteiger partial charge in [0.2, 0.25) is 0 Å². The van der Waals surface area contributed by atoms with E-state index in [1.54, 1.807) is 6.08 Å².